The third-order valence-corrected chi connectivity index (χ3v) is 7.41. The Hall–Kier alpha value is -4.58. The number of fused-ring (bicyclic) bond motifs is 1. The molecule has 1 heterocycles. The number of hydrogen-bond donors (Lipinski definition) is 2. The highest BCUT2D eigenvalue weighted by Gasteiger charge is 2.36. The fourth-order valence-electron chi connectivity index (χ4n) is 5.43. The molecule has 0 amide bonds. The van der Waals surface area contributed by atoms with Gasteiger partial charge in [-0.25, -0.2) is 4.39 Å². The number of Topliss-reactive ketones (excluding diaryl/α,β-unsaturated/α-hetero) is 1. The summed E-state index contributed by atoms with van der Waals surface area (Å²) in [7, 11) is 1.62. The van der Waals surface area contributed by atoms with Crippen molar-refractivity contribution < 1.29 is 18.7 Å². The van der Waals surface area contributed by atoms with Crippen LogP contribution in [0.1, 0.15) is 41.5 Å². The summed E-state index contributed by atoms with van der Waals surface area (Å²) in [6.45, 7) is 0.425. The topological polar surface area (TPSA) is 59.6 Å². The minimum absolute atomic E-state index is 0.0291. The van der Waals surface area contributed by atoms with Gasteiger partial charge >= 0.3 is 0 Å². The van der Waals surface area contributed by atoms with Crippen molar-refractivity contribution in [3.8, 4) is 11.5 Å². The summed E-state index contributed by atoms with van der Waals surface area (Å²) < 4.78 is 25.4. The van der Waals surface area contributed by atoms with Gasteiger partial charge in [-0.3, -0.25) is 4.79 Å². The molecule has 0 bridgehead atoms. The molecule has 39 heavy (non-hydrogen) atoms. The lowest BCUT2D eigenvalue weighted by Gasteiger charge is -2.30. The Morgan fingerprint density at radius 1 is 0.821 bits per heavy atom. The van der Waals surface area contributed by atoms with E-state index in [0.717, 1.165) is 33.8 Å². The molecule has 6 rings (SSSR count). The van der Waals surface area contributed by atoms with Gasteiger partial charge in [0, 0.05) is 17.7 Å². The van der Waals surface area contributed by atoms with Gasteiger partial charge in [0.15, 0.2) is 17.3 Å². The first kappa shape index (κ1) is 24.7. The molecule has 0 radical (unpaired) electrons. The molecular formula is C33H29FN2O3. The second-order valence-corrected chi connectivity index (χ2v) is 9.90. The molecule has 4 aromatic rings. The molecule has 196 valence electrons. The van der Waals surface area contributed by atoms with Crippen molar-refractivity contribution in [1.82, 2.24) is 0 Å². The van der Waals surface area contributed by atoms with Crippen molar-refractivity contribution in [1.29, 1.82) is 0 Å². The van der Waals surface area contributed by atoms with Crippen molar-refractivity contribution in [2.24, 2.45) is 0 Å². The molecule has 0 spiro atoms. The molecule has 2 atom stereocenters. The molecule has 0 aromatic heterocycles. The summed E-state index contributed by atoms with van der Waals surface area (Å²) in [5, 5.41) is 7.16. The van der Waals surface area contributed by atoms with E-state index in [0.29, 0.717) is 36.5 Å². The molecule has 1 aliphatic carbocycles. The van der Waals surface area contributed by atoms with Crippen LogP contribution in [0.4, 0.5) is 15.8 Å². The first-order valence-corrected chi connectivity index (χ1v) is 13.1. The number of rotatable bonds is 6. The summed E-state index contributed by atoms with van der Waals surface area (Å²) in [5.41, 5.74) is 6.34. The largest absolute Gasteiger partial charge is 0.493 e. The second kappa shape index (κ2) is 10.7. The third-order valence-electron chi connectivity index (χ3n) is 7.41. The predicted molar refractivity (Wildman–Crippen MR) is 151 cm³/mol. The van der Waals surface area contributed by atoms with Crippen LogP contribution in [0.25, 0.3) is 0 Å². The van der Waals surface area contributed by atoms with Crippen molar-refractivity contribution in [2.45, 2.75) is 31.4 Å². The number of hydrogen-bond acceptors (Lipinski definition) is 5. The van der Waals surface area contributed by atoms with Gasteiger partial charge in [-0.15, -0.1) is 0 Å². The minimum Gasteiger partial charge on any atom is -0.493 e. The van der Waals surface area contributed by atoms with Crippen molar-refractivity contribution in [3.05, 3.63) is 131 Å². The highest BCUT2D eigenvalue weighted by molar-refractivity contribution is 6.01. The van der Waals surface area contributed by atoms with Gasteiger partial charge in [0.1, 0.15) is 12.4 Å². The zero-order valence-electron chi connectivity index (χ0n) is 21.6. The number of para-hydroxylation sites is 2. The molecule has 4 aromatic carbocycles. The number of methoxy groups -OCH3 is 1. The zero-order chi connectivity index (χ0) is 26.8. The van der Waals surface area contributed by atoms with Crippen LogP contribution in [0.5, 0.6) is 11.5 Å². The molecule has 2 unspecified atom stereocenters. The SMILES string of the molecule is COc1cc(C2Nc3ccccc3NC3=C2C(=O)CC(c2ccc(F)cc2)C3)ccc1OCc1ccccc1. The normalized spacial score (nSPS) is 18.3. The van der Waals surface area contributed by atoms with Gasteiger partial charge < -0.3 is 20.1 Å². The third kappa shape index (κ3) is 5.10. The maximum absolute atomic E-state index is 13.8. The van der Waals surface area contributed by atoms with E-state index >= 15 is 0 Å². The number of allylic oxidation sites excluding steroid dienone is 1. The Kier molecular flexibility index (Phi) is 6.76. The van der Waals surface area contributed by atoms with Crippen LogP contribution in [-0.4, -0.2) is 12.9 Å². The van der Waals surface area contributed by atoms with E-state index in [4.69, 9.17) is 9.47 Å². The molecule has 0 fully saturated rings. The van der Waals surface area contributed by atoms with Crippen LogP contribution in [0.3, 0.4) is 0 Å². The summed E-state index contributed by atoms with van der Waals surface area (Å²) in [6, 6.07) is 29.8. The average Bonchev–Trinajstić information content (AvgIpc) is 3.14. The average molecular weight is 521 g/mol. The smallest absolute Gasteiger partial charge is 0.163 e. The lowest BCUT2D eigenvalue weighted by Crippen LogP contribution is -2.27. The van der Waals surface area contributed by atoms with E-state index in [9.17, 15) is 9.18 Å². The first-order valence-electron chi connectivity index (χ1n) is 13.1. The number of ether oxygens (including phenoxy) is 2. The standard InChI is InChI=1S/C33H29FN2O3/c1-38-31-19-23(13-16-30(31)39-20-21-7-3-2-4-8-21)33-32-28(35-26-9-5-6-10-27(26)36-33)17-24(18-29(32)37)22-11-14-25(34)15-12-22/h2-16,19,24,33,35-36H,17-18,20H2,1H3. The summed E-state index contributed by atoms with van der Waals surface area (Å²) >= 11 is 0. The minimum atomic E-state index is -0.380. The van der Waals surface area contributed by atoms with Crippen molar-refractivity contribution >= 4 is 17.2 Å². The molecular weight excluding hydrogens is 491 g/mol. The van der Waals surface area contributed by atoms with E-state index < -0.39 is 0 Å². The second-order valence-electron chi connectivity index (χ2n) is 9.90. The van der Waals surface area contributed by atoms with Crippen LogP contribution < -0.4 is 20.1 Å². The molecule has 5 nitrogen and oxygen atoms in total. The van der Waals surface area contributed by atoms with Crippen LogP contribution in [0.2, 0.25) is 0 Å². The molecule has 1 aliphatic heterocycles. The van der Waals surface area contributed by atoms with E-state index in [1.807, 2.05) is 72.8 Å². The zero-order valence-corrected chi connectivity index (χ0v) is 21.6. The fraction of sp³-hybridized carbons (Fsp3) is 0.182. The van der Waals surface area contributed by atoms with Gasteiger partial charge in [0.2, 0.25) is 0 Å². The van der Waals surface area contributed by atoms with Crippen LogP contribution >= 0.6 is 0 Å². The lowest BCUT2D eigenvalue weighted by molar-refractivity contribution is -0.116. The number of benzene rings is 4. The monoisotopic (exact) mass is 520 g/mol. The number of nitrogens with one attached hydrogen (secondary N) is 2. The van der Waals surface area contributed by atoms with Gasteiger partial charge in [-0.1, -0.05) is 60.7 Å². The Labute approximate surface area is 227 Å². The number of halogens is 1. The maximum Gasteiger partial charge on any atom is 0.163 e. The highest BCUT2D eigenvalue weighted by atomic mass is 19.1. The van der Waals surface area contributed by atoms with Crippen molar-refractivity contribution in [2.75, 3.05) is 17.7 Å². The first-order chi connectivity index (χ1) is 19.1. The van der Waals surface area contributed by atoms with Crippen molar-refractivity contribution in [3.63, 3.8) is 0 Å². The molecule has 0 saturated carbocycles. The van der Waals surface area contributed by atoms with Gasteiger partial charge in [0.05, 0.1) is 24.5 Å². The fourth-order valence-corrected chi connectivity index (χ4v) is 5.43. The van der Waals surface area contributed by atoms with E-state index in [1.165, 1.54) is 12.1 Å². The predicted octanol–water partition coefficient (Wildman–Crippen LogP) is 7.39. The number of carbonyl (C=O) groups is 1. The lowest BCUT2D eigenvalue weighted by atomic mass is 9.78. The molecule has 0 saturated heterocycles. The Balaban J connectivity index is 1.36. The molecule has 2 aliphatic rings. The Morgan fingerprint density at radius 3 is 2.31 bits per heavy atom. The molecule has 6 heteroatoms. The quantitative estimate of drug-likeness (QED) is 0.278. The van der Waals surface area contributed by atoms with Crippen LogP contribution in [0, 0.1) is 5.82 Å². The number of anilines is 2. The summed E-state index contributed by atoms with van der Waals surface area (Å²) in [6.07, 6.45) is 1.00. The van der Waals surface area contributed by atoms with E-state index in [2.05, 4.69) is 10.6 Å². The van der Waals surface area contributed by atoms with E-state index in [1.54, 1.807) is 19.2 Å². The highest BCUT2D eigenvalue weighted by Crippen LogP contribution is 2.45. The summed E-state index contributed by atoms with van der Waals surface area (Å²) in [4.78, 5) is 13.8. The van der Waals surface area contributed by atoms with Crippen LogP contribution in [-0.2, 0) is 11.4 Å². The Bertz CT molecular complexity index is 1530. The number of ketones is 1. The molecule has 2 N–H and O–H groups in total. The van der Waals surface area contributed by atoms with Gasteiger partial charge in [-0.2, -0.15) is 0 Å². The van der Waals surface area contributed by atoms with Gasteiger partial charge in [-0.05, 0) is 65.4 Å². The number of carbonyl (C=O) groups excluding carboxylic acids is 1. The maximum atomic E-state index is 13.8. The van der Waals surface area contributed by atoms with E-state index in [-0.39, 0.29) is 23.6 Å². The van der Waals surface area contributed by atoms with Crippen LogP contribution in [0.15, 0.2) is 108 Å². The summed E-state index contributed by atoms with van der Waals surface area (Å²) in [5.74, 6) is 0.991. The van der Waals surface area contributed by atoms with Gasteiger partial charge in [0.25, 0.3) is 0 Å². The Morgan fingerprint density at radius 2 is 1.54 bits per heavy atom.